The van der Waals surface area contributed by atoms with Gasteiger partial charge in [0.25, 0.3) is 0 Å². The van der Waals surface area contributed by atoms with E-state index in [4.69, 9.17) is 0 Å². The molecule has 1 fully saturated rings. The van der Waals surface area contributed by atoms with Crippen molar-refractivity contribution in [2.24, 2.45) is 5.92 Å². The number of nitrogens with zero attached hydrogens (tertiary/aromatic N) is 1. The van der Waals surface area contributed by atoms with Crippen LogP contribution in [0, 0.1) is 12.8 Å². The van der Waals surface area contributed by atoms with Gasteiger partial charge in [0.1, 0.15) is 0 Å². The van der Waals surface area contributed by atoms with Gasteiger partial charge < -0.3 is 15.7 Å². The number of aromatic nitrogens is 1. The summed E-state index contributed by atoms with van der Waals surface area (Å²) in [6, 6.07) is 9.28. The third-order valence-electron chi connectivity index (χ3n) is 3.75. The fourth-order valence-corrected chi connectivity index (χ4v) is 2.36. The van der Waals surface area contributed by atoms with Crippen molar-refractivity contribution in [1.29, 1.82) is 0 Å². The van der Waals surface area contributed by atoms with E-state index in [1.807, 2.05) is 37.3 Å². The standard InChI is InChI=1S/C16H19N3O2/c1-10-5-6-12-3-2-4-13(15(12)18-10)19-16(21)17-9-14(20)11-7-8-11/h2-6,11,14,20H,7-9H2,1H3,(H2,17,19,21)/t14-/m1/s1. The maximum Gasteiger partial charge on any atom is 0.319 e. The van der Waals surface area contributed by atoms with Gasteiger partial charge in [-0.1, -0.05) is 18.2 Å². The number of rotatable bonds is 4. The van der Waals surface area contributed by atoms with Gasteiger partial charge in [-0.15, -0.1) is 0 Å². The molecular weight excluding hydrogens is 266 g/mol. The normalized spacial score (nSPS) is 15.7. The molecule has 0 radical (unpaired) electrons. The molecular formula is C16H19N3O2. The average Bonchev–Trinajstić information content (AvgIpc) is 3.30. The minimum absolute atomic E-state index is 0.285. The number of hydrogen-bond donors (Lipinski definition) is 3. The molecule has 1 aliphatic carbocycles. The molecule has 2 amide bonds. The van der Waals surface area contributed by atoms with E-state index in [9.17, 15) is 9.90 Å². The first-order valence-electron chi connectivity index (χ1n) is 7.23. The van der Waals surface area contributed by atoms with Gasteiger partial charge in [-0.25, -0.2) is 4.79 Å². The highest BCUT2D eigenvalue weighted by Crippen LogP contribution is 2.32. The molecule has 2 aromatic rings. The SMILES string of the molecule is Cc1ccc2cccc(NC(=O)NC[C@@H](O)C3CC3)c2n1. The van der Waals surface area contributed by atoms with Crippen LogP contribution in [0.1, 0.15) is 18.5 Å². The number of amides is 2. The van der Waals surface area contributed by atoms with E-state index in [0.29, 0.717) is 11.6 Å². The summed E-state index contributed by atoms with van der Waals surface area (Å²) < 4.78 is 0. The number of para-hydroxylation sites is 1. The number of benzene rings is 1. The first kappa shape index (κ1) is 13.8. The monoisotopic (exact) mass is 285 g/mol. The largest absolute Gasteiger partial charge is 0.391 e. The van der Waals surface area contributed by atoms with Crippen molar-refractivity contribution in [2.75, 3.05) is 11.9 Å². The molecule has 1 aromatic carbocycles. The van der Waals surface area contributed by atoms with E-state index >= 15 is 0 Å². The maximum atomic E-state index is 11.9. The van der Waals surface area contributed by atoms with Crippen molar-refractivity contribution < 1.29 is 9.90 Å². The summed E-state index contributed by atoms with van der Waals surface area (Å²) in [4.78, 5) is 16.4. The second kappa shape index (κ2) is 5.69. The molecule has 3 rings (SSSR count). The van der Waals surface area contributed by atoms with Crippen LogP contribution in [0.15, 0.2) is 30.3 Å². The van der Waals surface area contributed by atoms with E-state index in [2.05, 4.69) is 15.6 Å². The molecule has 21 heavy (non-hydrogen) atoms. The van der Waals surface area contributed by atoms with Crippen molar-refractivity contribution in [3.63, 3.8) is 0 Å². The lowest BCUT2D eigenvalue weighted by Crippen LogP contribution is -2.36. The lowest BCUT2D eigenvalue weighted by Gasteiger charge is -2.12. The van der Waals surface area contributed by atoms with Crippen molar-refractivity contribution in [3.8, 4) is 0 Å². The van der Waals surface area contributed by atoms with Crippen molar-refractivity contribution in [1.82, 2.24) is 10.3 Å². The van der Waals surface area contributed by atoms with Gasteiger partial charge in [0.2, 0.25) is 0 Å². The highest BCUT2D eigenvalue weighted by atomic mass is 16.3. The Balaban J connectivity index is 1.69. The number of aryl methyl sites for hydroxylation is 1. The van der Waals surface area contributed by atoms with Gasteiger partial charge >= 0.3 is 6.03 Å². The lowest BCUT2D eigenvalue weighted by molar-refractivity contribution is 0.150. The molecule has 1 aliphatic rings. The van der Waals surface area contributed by atoms with Crippen molar-refractivity contribution >= 4 is 22.6 Å². The number of aliphatic hydroxyl groups is 1. The predicted molar refractivity (Wildman–Crippen MR) is 82.2 cm³/mol. The zero-order valence-corrected chi connectivity index (χ0v) is 12.0. The van der Waals surface area contributed by atoms with E-state index < -0.39 is 6.10 Å². The highest BCUT2D eigenvalue weighted by Gasteiger charge is 2.29. The van der Waals surface area contributed by atoms with E-state index in [1.165, 1.54) is 0 Å². The van der Waals surface area contributed by atoms with E-state index in [1.54, 1.807) is 0 Å². The molecule has 0 saturated heterocycles. The first-order valence-corrected chi connectivity index (χ1v) is 7.23. The first-order chi connectivity index (χ1) is 10.1. The fraction of sp³-hybridized carbons (Fsp3) is 0.375. The number of urea groups is 1. The third kappa shape index (κ3) is 3.31. The van der Waals surface area contributed by atoms with Crippen molar-refractivity contribution in [2.45, 2.75) is 25.9 Å². The molecule has 5 nitrogen and oxygen atoms in total. The summed E-state index contributed by atoms with van der Waals surface area (Å²) >= 11 is 0. The number of fused-ring (bicyclic) bond motifs is 1. The smallest absolute Gasteiger partial charge is 0.319 e. The number of hydrogen-bond acceptors (Lipinski definition) is 3. The van der Waals surface area contributed by atoms with Crippen molar-refractivity contribution in [3.05, 3.63) is 36.0 Å². The Hall–Kier alpha value is -2.14. The van der Waals surface area contributed by atoms with Gasteiger partial charge in [0, 0.05) is 17.6 Å². The summed E-state index contributed by atoms with van der Waals surface area (Å²) in [5, 5.41) is 16.2. The van der Waals surface area contributed by atoms with Gasteiger partial charge in [-0.05, 0) is 37.8 Å². The summed E-state index contributed by atoms with van der Waals surface area (Å²) in [7, 11) is 0. The Bertz CT molecular complexity index is 668. The number of aliphatic hydroxyl groups excluding tert-OH is 1. The van der Waals surface area contributed by atoms with Crippen LogP contribution in [0.5, 0.6) is 0 Å². The van der Waals surface area contributed by atoms with E-state index in [-0.39, 0.29) is 12.6 Å². The Morgan fingerprint density at radius 1 is 1.38 bits per heavy atom. The second-order valence-electron chi connectivity index (χ2n) is 5.57. The zero-order chi connectivity index (χ0) is 14.8. The van der Waals surface area contributed by atoms with Crippen LogP contribution in [0.4, 0.5) is 10.5 Å². The number of anilines is 1. The lowest BCUT2D eigenvalue weighted by atomic mass is 10.2. The Morgan fingerprint density at radius 2 is 2.19 bits per heavy atom. The van der Waals surface area contributed by atoms with Crippen LogP contribution in [-0.4, -0.2) is 28.8 Å². The molecule has 0 unspecified atom stereocenters. The van der Waals surface area contributed by atoms with Crippen LogP contribution in [0.25, 0.3) is 10.9 Å². The maximum absolute atomic E-state index is 11.9. The second-order valence-corrected chi connectivity index (χ2v) is 5.57. The minimum Gasteiger partial charge on any atom is -0.391 e. The quantitative estimate of drug-likeness (QED) is 0.807. The van der Waals surface area contributed by atoms with Gasteiger partial charge in [-0.2, -0.15) is 0 Å². The number of carbonyl (C=O) groups excluding carboxylic acids is 1. The fourth-order valence-electron chi connectivity index (χ4n) is 2.36. The van der Waals surface area contributed by atoms with Gasteiger partial charge in [0.05, 0.1) is 17.3 Å². The average molecular weight is 285 g/mol. The Kier molecular flexibility index (Phi) is 3.75. The number of nitrogens with one attached hydrogen (secondary N) is 2. The molecule has 1 saturated carbocycles. The summed E-state index contributed by atoms with van der Waals surface area (Å²) in [6.45, 7) is 2.20. The molecule has 1 heterocycles. The van der Waals surface area contributed by atoms with Gasteiger partial charge in [-0.3, -0.25) is 4.98 Å². The summed E-state index contributed by atoms with van der Waals surface area (Å²) in [5.74, 6) is 0.354. The molecule has 0 bridgehead atoms. The topological polar surface area (TPSA) is 74.2 Å². The molecule has 3 N–H and O–H groups in total. The molecule has 1 atom stereocenters. The third-order valence-corrected chi connectivity index (χ3v) is 3.75. The summed E-state index contributed by atoms with van der Waals surface area (Å²) in [6.07, 6.45) is 1.66. The van der Waals surface area contributed by atoms with Crippen LogP contribution in [-0.2, 0) is 0 Å². The van der Waals surface area contributed by atoms with Crippen LogP contribution >= 0.6 is 0 Å². The minimum atomic E-state index is -0.441. The Labute approximate surface area is 123 Å². The Morgan fingerprint density at radius 3 is 2.95 bits per heavy atom. The number of carbonyl (C=O) groups is 1. The predicted octanol–water partition coefficient (Wildman–Crippen LogP) is 2.44. The highest BCUT2D eigenvalue weighted by molar-refractivity contribution is 5.99. The zero-order valence-electron chi connectivity index (χ0n) is 12.0. The van der Waals surface area contributed by atoms with E-state index in [0.717, 1.165) is 29.4 Å². The van der Waals surface area contributed by atoms with Crippen LogP contribution in [0.3, 0.4) is 0 Å². The molecule has 1 aromatic heterocycles. The molecule has 0 aliphatic heterocycles. The molecule has 5 heteroatoms. The van der Waals surface area contributed by atoms with Crippen LogP contribution < -0.4 is 10.6 Å². The molecule has 0 spiro atoms. The molecule has 110 valence electrons. The number of pyridine rings is 1. The van der Waals surface area contributed by atoms with Crippen LogP contribution in [0.2, 0.25) is 0 Å². The summed E-state index contributed by atoms with van der Waals surface area (Å²) in [5.41, 5.74) is 2.35. The van der Waals surface area contributed by atoms with Gasteiger partial charge in [0.15, 0.2) is 0 Å².